The van der Waals surface area contributed by atoms with Crippen LogP contribution in [0.2, 0.25) is 0 Å². The van der Waals surface area contributed by atoms with E-state index in [2.05, 4.69) is 7.81 Å². The molecule has 0 unspecified atom stereocenters. The standard InChI is InChI=1S/C16H20O10S2/c17-27(18,19)26-28(20,21)25-12-10-23-8-7-22-9-11-24-16-6-5-14-3-1-2-4-15(14)13-16/h1-6,13H,7-12H2,(H,17,18,19). The fourth-order valence-corrected chi connectivity index (χ4v) is 3.39. The minimum Gasteiger partial charge on any atom is -0.491 e. The molecule has 28 heavy (non-hydrogen) atoms. The highest BCUT2D eigenvalue weighted by atomic mass is 32.3. The summed E-state index contributed by atoms with van der Waals surface area (Å²) >= 11 is 0. The molecule has 0 saturated heterocycles. The molecule has 2 rings (SSSR count). The number of benzene rings is 2. The van der Waals surface area contributed by atoms with Gasteiger partial charge in [-0.05, 0) is 22.9 Å². The molecule has 0 fully saturated rings. The Kier molecular flexibility index (Phi) is 8.57. The summed E-state index contributed by atoms with van der Waals surface area (Å²) in [4.78, 5) is 0. The minimum absolute atomic E-state index is 0.148. The van der Waals surface area contributed by atoms with Crippen LogP contribution >= 0.6 is 0 Å². The topological polar surface area (TPSA) is 135 Å². The van der Waals surface area contributed by atoms with E-state index in [1.54, 1.807) is 0 Å². The van der Waals surface area contributed by atoms with Crippen molar-refractivity contribution in [1.82, 2.24) is 0 Å². The summed E-state index contributed by atoms with van der Waals surface area (Å²) in [6.07, 6.45) is 0. The molecule has 12 heteroatoms. The van der Waals surface area contributed by atoms with Crippen molar-refractivity contribution in [2.75, 3.05) is 39.6 Å². The average Bonchev–Trinajstić information content (AvgIpc) is 2.61. The minimum atomic E-state index is -5.16. The van der Waals surface area contributed by atoms with Gasteiger partial charge in [0.15, 0.2) is 0 Å². The highest BCUT2D eigenvalue weighted by Gasteiger charge is 2.21. The molecular formula is C16H20O10S2. The smallest absolute Gasteiger partial charge is 0.416 e. The Bertz CT molecular complexity index is 956. The van der Waals surface area contributed by atoms with Crippen LogP contribution in [0, 0.1) is 0 Å². The van der Waals surface area contributed by atoms with E-state index in [4.69, 9.17) is 18.8 Å². The Labute approximate surface area is 163 Å². The lowest BCUT2D eigenvalue weighted by Gasteiger charge is -2.09. The van der Waals surface area contributed by atoms with Crippen molar-refractivity contribution < 1.29 is 43.4 Å². The van der Waals surface area contributed by atoms with E-state index >= 15 is 0 Å². The predicted octanol–water partition coefficient (Wildman–Crippen LogP) is 1.33. The van der Waals surface area contributed by atoms with Crippen LogP contribution in [0.25, 0.3) is 10.8 Å². The van der Waals surface area contributed by atoms with Gasteiger partial charge in [-0.3, -0.25) is 4.55 Å². The van der Waals surface area contributed by atoms with Crippen molar-refractivity contribution >= 4 is 31.6 Å². The van der Waals surface area contributed by atoms with Crippen molar-refractivity contribution in [2.24, 2.45) is 0 Å². The molecule has 0 aliphatic heterocycles. The lowest BCUT2D eigenvalue weighted by atomic mass is 10.1. The molecule has 0 spiro atoms. The Morgan fingerprint density at radius 1 is 0.750 bits per heavy atom. The zero-order chi connectivity index (χ0) is 20.5. The van der Waals surface area contributed by atoms with E-state index in [-0.39, 0.29) is 19.8 Å². The highest BCUT2D eigenvalue weighted by molar-refractivity contribution is 7.94. The van der Waals surface area contributed by atoms with Crippen molar-refractivity contribution in [3.05, 3.63) is 42.5 Å². The molecule has 10 nitrogen and oxygen atoms in total. The van der Waals surface area contributed by atoms with Crippen molar-refractivity contribution in [1.29, 1.82) is 0 Å². The molecule has 0 aromatic heterocycles. The van der Waals surface area contributed by atoms with E-state index in [9.17, 15) is 16.8 Å². The first-order valence-electron chi connectivity index (χ1n) is 8.10. The van der Waals surface area contributed by atoms with E-state index in [0.717, 1.165) is 16.5 Å². The molecule has 0 bridgehead atoms. The maximum atomic E-state index is 11.0. The second-order valence-electron chi connectivity index (χ2n) is 5.31. The van der Waals surface area contributed by atoms with Gasteiger partial charge >= 0.3 is 20.8 Å². The summed E-state index contributed by atoms with van der Waals surface area (Å²) in [5, 5.41) is 2.21. The summed E-state index contributed by atoms with van der Waals surface area (Å²) in [6.45, 7) is 0.470. The first-order valence-corrected chi connectivity index (χ1v) is 10.8. The second kappa shape index (κ2) is 10.7. The molecule has 0 aliphatic carbocycles. The number of fused-ring (bicyclic) bond motifs is 1. The van der Waals surface area contributed by atoms with E-state index in [1.165, 1.54) is 0 Å². The third-order valence-corrected chi connectivity index (χ3v) is 5.02. The van der Waals surface area contributed by atoms with Crippen LogP contribution in [0.5, 0.6) is 5.75 Å². The summed E-state index contributed by atoms with van der Waals surface area (Å²) in [5.74, 6) is 0.740. The number of rotatable bonds is 13. The molecule has 0 saturated carbocycles. The molecule has 0 atom stereocenters. The molecule has 0 radical (unpaired) electrons. The Morgan fingerprint density at radius 3 is 2.04 bits per heavy atom. The van der Waals surface area contributed by atoms with E-state index in [0.29, 0.717) is 13.2 Å². The van der Waals surface area contributed by atoms with Gasteiger partial charge in [0.1, 0.15) is 12.4 Å². The van der Waals surface area contributed by atoms with Crippen LogP contribution in [0.1, 0.15) is 0 Å². The predicted molar refractivity (Wildman–Crippen MR) is 98.6 cm³/mol. The first-order chi connectivity index (χ1) is 13.3. The summed E-state index contributed by atoms with van der Waals surface area (Å²) in [7, 11) is -10.0. The molecule has 1 N–H and O–H groups in total. The maximum absolute atomic E-state index is 11.0. The quantitative estimate of drug-likeness (QED) is 0.362. The van der Waals surface area contributed by atoms with Crippen LogP contribution in [0.3, 0.4) is 0 Å². The monoisotopic (exact) mass is 436 g/mol. The molecule has 156 valence electrons. The second-order valence-corrected chi connectivity index (χ2v) is 7.76. The van der Waals surface area contributed by atoms with Crippen molar-refractivity contribution in [2.45, 2.75) is 0 Å². The van der Waals surface area contributed by atoms with Gasteiger partial charge < -0.3 is 14.2 Å². The summed E-state index contributed by atoms with van der Waals surface area (Å²) < 4.78 is 74.2. The van der Waals surface area contributed by atoms with Gasteiger partial charge in [-0.15, -0.1) is 3.63 Å². The molecule has 0 heterocycles. The zero-order valence-electron chi connectivity index (χ0n) is 14.7. The van der Waals surface area contributed by atoms with Crippen molar-refractivity contribution in [3.63, 3.8) is 0 Å². The molecule has 0 amide bonds. The average molecular weight is 436 g/mol. The van der Waals surface area contributed by atoms with Gasteiger partial charge in [0.05, 0.1) is 33.0 Å². The van der Waals surface area contributed by atoms with Gasteiger partial charge in [0.25, 0.3) is 0 Å². The van der Waals surface area contributed by atoms with Crippen LogP contribution in [0.15, 0.2) is 42.5 Å². The summed E-state index contributed by atoms with van der Waals surface area (Å²) in [5.41, 5.74) is 0. The SMILES string of the molecule is O=S(=O)(O)OS(=O)(=O)OCCOCCOCCOc1ccc2ccccc2c1. The molecule has 2 aromatic rings. The lowest BCUT2D eigenvalue weighted by molar-refractivity contribution is 0.0270. The fraction of sp³-hybridized carbons (Fsp3) is 0.375. The molecule has 0 aliphatic rings. The van der Waals surface area contributed by atoms with Crippen LogP contribution in [0.4, 0.5) is 0 Å². The highest BCUT2D eigenvalue weighted by Crippen LogP contribution is 2.20. The molecular weight excluding hydrogens is 416 g/mol. The van der Waals surface area contributed by atoms with E-state index < -0.39 is 27.4 Å². The molecule has 2 aromatic carbocycles. The third-order valence-electron chi connectivity index (χ3n) is 3.21. The Hall–Kier alpha value is -1.80. The Morgan fingerprint density at radius 2 is 1.36 bits per heavy atom. The lowest BCUT2D eigenvalue weighted by Crippen LogP contribution is -2.18. The normalized spacial score (nSPS) is 12.3. The zero-order valence-corrected chi connectivity index (χ0v) is 16.4. The fourth-order valence-electron chi connectivity index (χ4n) is 2.12. The van der Waals surface area contributed by atoms with Gasteiger partial charge in [-0.1, -0.05) is 30.3 Å². The Balaban J connectivity index is 1.50. The van der Waals surface area contributed by atoms with E-state index in [1.807, 2.05) is 42.5 Å². The maximum Gasteiger partial charge on any atom is 0.416 e. The van der Waals surface area contributed by atoms with Crippen LogP contribution in [-0.2, 0) is 38.1 Å². The first kappa shape index (κ1) is 22.5. The number of hydrogen-bond donors (Lipinski definition) is 1. The number of ether oxygens (including phenoxy) is 3. The van der Waals surface area contributed by atoms with Crippen LogP contribution < -0.4 is 4.74 Å². The third kappa shape index (κ3) is 8.93. The van der Waals surface area contributed by atoms with Crippen molar-refractivity contribution in [3.8, 4) is 5.75 Å². The number of hydrogen-bond acceptors (Lipinski definition) is 9. The van der Waals surface area contributed by atoms with Gasteiger partial charge in [0, 0.05) is 0 Å². The van der Waals surface area contributed by atoms with Gasteiger partial charge in [0.2, 0.25) is 0 Å². The van der Waals surface area contributed by atoms with Gasteiger partial charge in [-0.25, -0.2) is 4.18 Å². The van der Waals surface area contributed by atoms with Gasteiger partial charge in [-0.2, -0.15) is 16.8 Å². The largest absolute Gasteiger partial charge is 0.491 e. The summed E-state index contributed by atoms with van der Waals surface area (Å²) in [6, 6.07) is 13.7. The van der Waals surface area contributed by atoms with Crippen LogP contribution in [-0.4, -0.2) is 61.0 Å².